The second-order valence-electron chi connectivity index (χ2n) is 5.43. The summed E-state index contributed by atoms with van der Waals surface area (Å²) in [5, 5.41) is 2.98. The minimum atomic E-state index is -0.0924. The van der Waals surface area contributed by atoms with Gasteiger partial charge in [0.05, 0.1) is 12.6 Å². The van der Waals surface area contributed by atoms with E-state index in [0.29, 0.717) is 18.7 Å². The van der Waals surface area contributed by atoms with Crippen molar-refractivity contribution in [2.75, 3.05) is 27.2 Å². The van der Waals surface area contributed by atoms with Gasteiger partial charge in [0.2, 0.25) is 0 Å². The molecule has 122 valence electrons. The normalized spacial score (nSPS) is 12.0. The SMILES string of the molecule is CCOc1ccc(C(CNC(=O)c2ccncc2)N(C)C)cc1. The van der Waals surface area contributed by atoms with E-state index >= 15 is 0 Å². The summed E-state index contributed by atoms with van der Waals surface area (Å²) in [6, 6.07) is 11.5. The Morgan fingerprint density at radius 1 is 1.17 bits per heavy atom. The maximum Gasteiger partial charge on any atom is 0.251 e. The van der Waals surface area contributed by atoms with Crippen molar-refractivity contribution < 1.29 is 9.53 Å². The summed E-state index contributed by atoms with van der Waals surface area (Å²) >= 11 is 0. The lowest BCUT2D eigenvalue weighted by Crippen LogP contribution is -2.34. The number of carbonyl (C=O) groups is 1. The molecule has 1 atom stereocenters. The number of carbonyl (C=O) groups excluding carboxylic acids is 1. The minimum absolute atomic E-state index is 0.0924. The zero-order chi connectivity index (χ0) is 16.7. The van der Waals surface area contributed by atoms with Crippen molar-refractivity contribution in [2.45, 2.75) is 13.0 Å². The van der Waals surface area contributed by atoms with Crippen molar-refractivity contribution in [3.63, 3.8) is 0 Å². The Morgan fingerprint density at radius 2 is 1.83 bits per heavy atom. The van der Waals surface area contributed by atoms with Crippen LogP contribution in [-0.4, -0.2) is 43.0 Å². The van der Waals surface area contributed by atoms with Gasteiger partial charge in [-0.1, -0.05) is 12.1 Å². The summed E-state index contributed by atoms with van der Waals surface area (Å²) in [7, 11) is 4.00. The molecule has 23 heavy (non-hydrogen) atoms. The van der Waals surface area contributed by atoms with Crippen LogP contribution in [0, 0.1) is 0 Å². The molecule has 1 amide bonds. The molecule has 0 aliphatic rings. The molecule has 0 spiro atoms. The number of nitrogens with zero attached hydrogens (tertiary/aromatic N) is 2. The van der Waals surface area contributed by atoms with E-state index < -0.39 is 0 Å². The summed E-state index contributed by atoms with van der Waals surface area (Å²) < 4.78 is 5.47. The van der Waals surface area contributed by atoms with Crippen LogP contribution < -0.4 is 10.1 Å². The zero-order valence-electron chi connectivity index (χ0n) is 13.8. The molecule has 0 radical (unpaired) electrons. The van der Waals surface area contributed by atoms with Gasteiger partial charge >= 0.3 is 0 Å². The first kappa shape index (κ1) is 17.0. The summed E-state index contributed by atoms with van der Waals surface area (Å²) in [6.07, 6.45) is 3.23. The number of pyridine rings is 1. The van der Waals surface area contributed by atoms with E-state index in [2.05, 4.69) is 15.2 Å². The Balaban J connectivity index is 2.02. The molecule has 2 aromatic rings. The third-order valence-corrected chi connectivity index (χ3v) is 3.60. The fraction of sp³-hybridized carbons (Fsp3) is 0.333. The number of benzene rings is 1. The molecule has 0 aliphatic heterocycles. The molecule has 1 N–H and O–H groups in total. The van der Waals surface area contributed by atoms with Crippen molar-refractivity contribution in [3.05, 3.63) is 59.9 Å². The van der Waals surface area contributed by atoms with Crippen LogP contribution in [0.1, 0.15) is 28.9 Å². The molecule has 0 aliphatic carbocycles. The van der Waals surface area contributed by atoms with E-state index in [1.54, 1.807) is 24.5 Å². The quantitative estimate of drug-likeness (QED) is 0.853. The van der Waals surface area contributed by atoms with Crippen molar-refractivity contribution >= 4 is 5.91 Å². The van der Waals surface area contributed by atoms with Crippen LogP contribution >= 0.6 is 0 Å². The van der Waals surface area contributed by atoms with Gasteiger partial charge in [-0.25, -0.2) is 0 Å². The number of aromatic nitrogens is 1. The van der Waals surface area contributed by atoms with E-state index in [4.69, 9.17) is 4.74 Å². The Morgan fingerprint density at radius 3 is 2.39 bits per heavy atom. The number of rotatable bonds is 7. The van der Waals surface area contributed by atoms with E-state index in [1.807, 2.05) is 45.3 Å². The molecule has 1 aromatic heterocycles. The summed E-state index contributed by atoms with van der Waals surface area (Å²) in [6.45, 7) is 3.14. The lowest BCUT2D eigenvalue weighted by molar-refractivity contribution is 0.0942. The average Bonchev–Trinajstić information content (AvgIpc) is 2.57. The number of nitrogens with one attached hydrogen (secondary N) is 1. The first-order valence-corrected chi connectivity index (χ1v) is 7.69. The smallest absolute Gasteiger partial charge is 0.251 e. The fourth-order valence-electron chi connectivity index (χ4n) is 2.35. The molecule has 0 saturated heterocycles. The molecule has 0 fully saturated rings. The second kappa shape index (κ2) is 8.29. The Bertz CT molecular complexity index is 612. The predicted octanol–water partition coefficient (Wildman–Crippen LogP) is 2.51. The number of likely N-dealkylation sites (N-methyl/N-ethyl adjacent to an activating group) is 1. The number of hydrogen-bond acceptors (Lipinski definition) is 4. The zero-order valence-corrected chi connectivity index (χ0v) is 13.8. The lowest BCUT2D eigenvalue weighted by atomic mass is 10.1. The summed E-state index contributed by atoms with van der Waals surface area (Å²) in [5.41, 5.74) is 1.75. The van der Waals surface area contributed by atoms with Crippen LogP contribution in [-0.2, 0) is 0 Å². The van der Waals surface area contributed by atoms with Crippen LogP contribution in [0.5, 0.6) is 5.75 Å². The molecule has 5 nitrogen and oxygen atoms in total. The van der Waals surface area contributed by atoms with Gasteiger partial charge in [0, 0.05) is 24.5 Å². The van der Waals surface area contributed by atoms with Gasteiger partial charge in [-0.3, -0.25) is 9.78 Å². The minimum Gasteiger partial charge on any atom is -0.494 e. The van der Waals surface area contributed by atoms with Crippen molar-refractivity contribution in [3.8, 4) is 5.75 Å². The number of amides is 1. The van der Waals surface area contributed by atoms with Gasteiger partial charge in [0.1, 0.15) is 5.75 Å². The highest BCUT2D eigenvalue weighted by Crippen LogP contribution is 2.21. The Hall–Kier alpha value is -2.40. The maximum absolute atomic E-state index is 12.2. The summed E-state index contributed by atoms with van der Waals surface area (Å²) in [4.78, 5) is 18.2. The van der Waals surface area contributed by atoms with E-state index in [-0.39, 0.29) is 11.9 Å². The van der Waals surface area contributed by atoms with Crippen LogP contribution in [0.2, 0.25) is 0 Å². The third kappa shape index (κ3) is 4.79. The fourth-order valence-corrected chi connectivity index (χ4v) is 2.35. The van der Waals surface area contributed by atoms with Crippen LogP contribution in [0.3, 0.4) is 0 Å². The van der Waals surface area contributed by atoms with Crippen molar-refractivity contribution in [1.29, 1.82) is 0 Å². The van der Waals surface area contributed by atoms with Gasteiger partial charge in [0.25, 0.3) is 5.91 Å². The molecule has 0 saturated carbocycles. The molecule has 5 heteroatoms. The molecular weight excluding hydrogens is 290 g/mol. The van der Waals surface area contributed by atoms with Crippen LogP contribution in [0.25, 0.3) is 0 Å². The molecule has 2 rings (SSSR count). The average molecular weight is 313 g/mol. The maximum atomic E-state index is 12.2. The van der Waals surface area contributed by atoms with Gasteiger partial charge in [-0.05, 0) is 50.8 Å². The standard InChI is InChI=1S/C18H23N3O2/c1-4-23-16-7-5-14(6-8-16)17(21(2)3)13-20-18(22)15-9-11-19-12-10-15/h5-12,17H,4,13H2,1-3H3,(H,20,22). The molecule has 1 heterocycles. The summed E-state index contributed by atoms with van der Waals surface area (Å²) in [5.74, 6) is 0.764. The number of hydrogen-bond donors (Lipinski definition) is 1. The van der Waals surface area contributed by atoms with E-state index in [9.17, 15) is 4.79 Å². The molecular formula is C18H23N3O2. The van der Waals surface area contributed by atoms with Crippen molar-refractivity contribution in [2.24, 2.45) is 0 Å². The lowest BCUT2D eigenvalue weighted by Gasteiger charge is -2.25. The highest BCUT2D eigenvalue weighted by molar-refractivity contribution is 5.93. The van der Waals surface area contributed by atoms with Gasteiger partial charge in [-0.15, -0.1) is 0 Å². The highest BCUT2D eigenvalue weighted by atomic mass is 16.5. The van der Waals surface area contributed by atoms with E-state index in [1.165, 1.54) is 0 Å². The monoisotopic (exact) mass is 313 g/mol. The molecule has 0 bridgehead atoms. The van der Waals surface area contributed by atoms with Crippen LogP contribution in [0.15, 0.2) is 48.8 Å². The van der Waals surface area contributed by atoms with E-state index in [0.717, 1.165) is 11.3 Å². The third-order valence-electron chi connectivity index (χ3n) is 3.60. The first-order chi connectivity index (χ1) is 11.1. The van der Waals surface area contributed by atoms with Crippen molar-refractivity contribution in [1.82, 2.24) is 15.2 Å². The molecule has 1 aromatic carbocycles. The Labute approximate surface area is 137 Å². The topological polar surface area (TPSA) is 54.5 Å². The first-order valence-electron chi connectivity index (χ1n) is 7.69. The second-order valence-corrected chi connectivity index (χ2v) is 5.43. The predicted molar refractivity (Wildman–Crippen MR) is 90.6 cm³/mol. The van der Waals surface area contributed by atoms with Gasteiger partial charge in [-0.2, -0.15) is 0 Å². The van der Waals surface area contributed by atoms with Gasteiger partial charge in [0.15, 0.2) is 0 Å². The number of ether oxygens (including phenoxy) is 1. The molecule has 1 unspecified atom stereocenters. The van der Waals surface area contributed by atoms with Gasteiger partial charge < -0.3 is 15.0 Å². The Kier molecular flexibility index (Phi) is 6.11. The highest BCUT2D eigenvalue weighted by Gasteiger charge is 2.16. The largest absolute Gasteiger partial charge is 0.494 e. The van der Waals surface area contributed by atoms with Crippen LogP contribution in [0.4, 0.5) is 0 Å².